The minimum atomic E-state index is 0. The van der Waals surface area contributed by atoms with Gasteiger partial charge < -0.3 is 11.1 Å². The van der Waals surface area contributed by atoms with Gasteiger partial charge in [-0.1, -0.05) is 43.9 Å². The van der Waals surface area contributed by atoms with Crippen LogP contribution in [0.1, 0.15) is 38.2 Å². The first-order valence-electron chi connectivity index (χ1n) is 6.36. The molecule has 108 valence electrons. The molecule has 0 radical (unpaired) electrons. The van der Waals surface area contributed by atoms with E-state index in [-0.39, 0.29) is 24.0 Å². The largest absolute Gasteiger partial charge is 0.370 e. The molecule has 0 amide bonds. The maximum atomic E-state index is 5.76. The average molecular weight is 397 g/mol. The molecule has 1 heterocycles. The molecule has 1 aromatic rings. The fourth-order valence-electron chi connectivity index (χ4n) is 1.50. The Labute approximate surface area is 137 Å². The smallest absolute Gasteiger partial charge is 0.188 e. The second-order valence-electron chi connectivity index (χ2n) is 4.18. The SMILES string of the molecule is CCCCCCNC(N)=NCc1ccc(Cl)nc1.I. The Morgan fingerprint density at radius 3 is 2.79 bits per heavy atom. The van der Waals surface area contributed by atoms with Crippen molar-refractivity contribution in [2.75, 3.05) is 6.54 Å². The van der Waals surface area contributed by atoms with Gasteiger partial charge in [0, 0.05) is 12.7 Å². The normalized spacial score (nSPS) is 10.9. The highest BCUT2D eigenvalue weighted by Gasteiger charge is 1.95. The van der Waals surface area contributed by atoms with Crippen LogP contribution in [0.5, 0.6) is 0 Å². The number of pyridine rings is 1. The van der Waals surface area contributed by atoms with E-state index in [1.54, 1.807) is 12.3 Å². The van der Waals surface area contributed by atoms with Crippen molar-refractivity contribution in [1.29, 1.82) is 0 Å². The van der Waals surface area contributed by atoms with Crippen molar-refractivity contribution in [1.82, 2.24) is 10.3 Å². The minimum absolute atomic E-state index is 0. The summed E-state index contributed by atoms with van der Waals surface area (Å²) in [4.78, 5) is 8.23. The summed E-state index contributed by atoms with van der Waals surface area (Å²) in [5, 5.41) is 3.59. The Balaban J connectivity index is 0.00000324. The van der Waals surface area contributed by atoms with Gasteiger partial charge in [-0.15, -0.1) is 24.0 Å². The average Bonchev–Trinajstić information content (AvgIpc) is 2.38. The Bertz CT molecular complexity index is 367. The second-order valence-corrected chi connectivity index (χ2v) is 4.57. The minimum Gasteiger partial charge on any atom is -0.370 e. The third-order valence-corrected chi connectivity index (χ3v) is 2.78. The third kappa shape index (κ3) is 9.04. The summed E-state index contributed by atoms with van der Waals surface area (Å²) in [6.07, 6.45) is 6.59. The molecule has 6 heteroatoms. The van der Waals surface area contributed by atoms with Crippen LogP contribution in [0.3, 0.4) is 0 Å². The first-order chi connectivity index (χ1) is 8.72. The van der Waals surface area contributed by atoms with Crippen LogP contribution >= 0.6 is 35.6 Å². The highest BCUT2D eigenvalue weighted by molar-refractivity contribution is 14.0. The maximum Gasteiger partial charge on any atom is 0.188 e. The van der Waals surface area contributed by atoms with Crippen molar-refractivity contribution in [3.05, 3.63) is 29.0 Å². The lowest BCUT2D eigenvalue weighted by atomic mass is 10.2. The van der Waals surface area contributed by atoms with Crippen LogP contribution in [0, 0.1) is 0 Å². The predicted octanol–water partition coefficient (Wildman–Crippen LogP) is 3.34. The molecule has 0 unspecified atom stereocenters. The number of aliphatic imine (C=N–C) groups is 1. The fraction of sp³-hybridized carbons (Fsp3) is 0.538. The van der Waals surface area contributed by atoms with Gasteiger partial charge in [0.2, 0.25) is 0 Å². The summed E-state index contributed by atoms with van der Waals surface area (Å²) in [6, 6.07) is 3.65. The van der Waals surface area contributed by atoms with Gasteiger partial charge in [0.15, 0.2) is 5.96 Å². The lowest BCUT2D eigenvalue weighted by Gasteiger charge is -2.05. The van der Waals surface area contributed by atoms with Crippen molar-refractivity contribution in [2.24, 2.45) is 10.7 Å². The zero-order valence-electron chi connectivity index (χ0n) is 11.2. The summed E-state index contributed by atoms with van der Waals surface area (Å²) in [5.41, 5.74) is 6.75. The number of unbranched alkanes of at least 4 members (excludes halogenated alkanes) is 3. The molecule has 19 heavy (non-hydrogen) atoms. The van der Waals surface area contributed by atoms with Gasteiger partial charge in [0.05, 0.1) is 6.54 Å². The summed E-state index contributed by atoms with van der Waals surface area (Å²) in [6.45, 7) is 3.61. The van der Waals surface area contributed by atoms with Crippen molar-refractivity contribution in [3.8, 4) is 0 Å². The first-order valence-corrected chi connectivity index (χ1v) is 6.74. The van der Waals surface area contributed by atoms with Gasteiger partial charge in [-0.3, -0.25) is 0 Å². The summed E-state index contributed by atoms with van der Waals surface area (Å²) >= 11 is 5.70. The monoisotopic (exact) mass is 396 g/mol. The van der Waals surface area contributed by atoms with Gasteiger partial charge in [0.25, 0.3) is 0 Å². The molecule has 0 spiro atoms. The molecule has 3 N–H and O–H groups in total. The number of aromatic nitrogens is 1. The molecule has 0 fully saturated rings. The number of rotatable bonds is 7. The predicted molar refractivity (Wildman–Crippen MR) is 92.1 cm³/mol. The van der Waals surface area contributed by atoms with E-state index in [2.05, 4.69) is 22.2 Å². The molecule has 1 aromatic heterocycles. The lowest BCUT2D eigenvalue weighted by molar-refractivity contribution is 0.652. The van der Waals surface area contributed by atoms with E-state index in [4.69, 9.17) is 17.3 Å². The number of guanidine groups is 1. The van der Waals surface area contributed by atoms with Gasteiger partial charge >= 0.3 is 0 Å². The molecule has 0 aliphatic heterocycles. The third-order valence-electron chi connectivity index (χ3n) is 2.56. The lowest BCUT2D eigenvalue weighted by Crippen LogP contribution is -2.32. The van der Waals surface area contributed by atoms with Crippen molar-refractivity contribution < 1.29 is 0 Å². The van der Waals surface area contributed by atoms with E-state index in [1.165, 1.54) is 19.3 Å². The highest BCUT2D eigenvalue weighted by atomic mass is 127. The number of nitrogens with zero attached hydrogens (tertiary/aromatic N) is 2. The topological polar surface area (TPSA) is 63.3 Å². The second kappa shape index (κ2) is 11.3. The van der Waals surface area contributed by atoms with Crippen LogP contribution in [0.2, 0.25) is 5.15 Å². The number of hydrogen-bond acceptors (Lipinski definition) is 2. The molecular weight excluding hydrogens is 375 g/mol. The van der Waals surface area contributed by atoms with E-state index in [9.17, 15) is 0 Å². The number of hydrogen-bond donors (Lipinski definition) is 2. The van der Waals surface area contributed by atoms with Crippen molar-refractivity contribution in [2.45, 2.75) is 39.2 Å². The van der Waals surface area contributed by atoms with Crippen molar-refractivity contribution >= 4 is 41.5 Å². The molecule has 0 aromatic carbocycles. The quantitative estimate of drug-likeness (QED) is 0.244. The number of nitrogens with two attached hydrogens (primary N) is 1. The molecule has 0 aliphatic rings. The van der Waals surface area contributed by atoms with Gasteiger partial charge in [-0.25, -0.2) is 9.98 Å². The Hall–Kier alpha value is -0.560. The highest BCUT2D eigenvalue weighted by Crippen LogP contribution is 2.05. The number of nitrogens with one attached hydrogen (secondary N) is 1. The Kier molecular flexibility index (Phi) is 10.9. The van der Waals surface area contributed by atoms with Crippen LogP contribution in [-0.4, -0.2) is 17.5 Å². The summed E-state index contributed by atoms with van der Waals surface area (Å²) in [7, 11) is 0. The standard InChI is InChI=1S/C13H21ClN4.HI/c1-2-3-4-5-8-16-13(15)18-10-11-6-7-12(14)17-9-11;/h6-7,9H,2-5,8,10H2,1H3,(H3,15,16,18);1H. The fourth-order valence-corrected chi connectivity index (χ4v) is 1.61. The summed E-state index contributed by atoms with van der Waals surface area (Å²) in [5.74, 6) is 0.487. The van der Waals surface area contributed by atoms with Crippen LogP contribution in [0.15, 0.2) is 23.3 Å². The zero-order valence-corrected chi connectivity index (χ0v) is 14.3. The first kappa shape index (κ1) is 18.4. The van der Waals surface area contributed by atoms with Crippen LogP contribution in [0.4, 0.5) is 0 Å². The zero-order chi connectivity index (χ0) is 13.2. The molecular formula is C13H22ClIN4. The van der Waals surface area contributed by atoms with Crippen LogP contribution < -0.4 is 11.1 Å². The maximum absolute atomic E-state index is 5.76. The van der Waals surface area contributed by atoms with Crippen molar-refractivity contribution in [3.63, 3.8) is 0 Å². The van der Waals surface area contributed by atoms with E-state index >= 15 is 0 Å². The molecule has 4 nitrogen and oxygen atoms in total. The molecule has 1 rings (SSSR count). The number of halogens is 2. The van der Waals surface area contributed by atoms with Gasteiger partial charge in [-0.05, 0) is 18.1 Å². The van der Waals surface area contributed by atoms with Gasteiger partial charge in [0.1, 0.15) is 5.15 Å². The molecule has 0 bridgehead atoms. The Morgan fingerprint density at radius 1 is 1.37 bits per heavy atom. The Morgan fingerprint density at radius 2 is 2.16 bits per heavy atom. The van der Waals surface area contributed by atoms with Gasteiger partial charge in [-0.2, -0.15) is 0 Å². The molecule has 0 saturated heterocycles. The molecule has 0 atom stereocenters. The van der Waals surface area contributed by atoms with E-state index < -0.39 is 0 Å². The van der Waals surface area contributed by atoms with E-state index in [1.807, 2.05) is 6.07 Å². The van der Waals surface area contributed by atoms with E-state index in [0.717, 1.165) is 18.5 Å². The van der Waals surface area contributed by atoms with Crippen LogP contribution in [0.25, 0.3) is 0 Å². The molecule has 0 aliphatic carbocycles. The molecule has 0 saturated carbocycles. The summed E-state index contributed by atoms with van der Waals surface area (Å²) < 4.78 is 0. The van der Waals surface area contributed by atoms with Crippen LogP contribution in [-0.2, 0) is 6.54 Å². The van der Waals surface area contributed by atoms with E-state index in [0.29, 0.717) is 17.7 Å².